The second-order valence-electron chi connectivity index (χ2n) is 8.24. The number of hydrogen-bond acceptors (Lipinski definition) is 6. The number of nitrogens with one attached hydrogen (secondary N) is 1. The molecule has 0 bridgehead atoms. The van der Waals surface area contributed by atoms with Gasteiger partial charge in [0.1, 0.15) is 11.4 Å². The van der Waals surface area contributed by atoms with E-state index in [0.29, 0.717) is 11.8 Å². The molecule has 0 radical (unpaired) electrons. The number of aromatic nitrogens is 4. The number of aliphatic imine (C=N–C) groups is 1. The SMILES string of the molecule is CC(=CC1CCC1)Nc1nc(/N=C(\C)C2CCC2)nc(-c2cccc(C(F)(F)F)n2)n1. The summed E-state index contributed by atoms with van der Waals surface area (Å²) in [7, 11) is 0. The molecule has 164 valence electrons. The van der Waals surface area contributed by atoms with Crippen molar-refractivity contribution in [3.8, 4) is 11.5 Å². The molecular formula is C22H25F3N6. The molecule has 2 aromatic heterocycles. The topological polar surface area (TPSA) is 76.0 Å². The quantitative estimate of drug-likeness (QED) is 0.572. The lowest BCUT2D eigenvalue weighted by Crippen LogP contribution is -2.19. The summed E-state index contributed by atoms with van der Waals surface area (Å²) in [5.74, 6) is 1.42. The van der Waals surface area contributed by atoms with Gasteiger partial charge in [0.05, 0.1) is 0 Å². The summed E-state index contributed by atoms with van der Waals surface area (Å²) in [6.45, 7) is 3.86. The highest BCUT2D eigenvalue weighted by Gasteiger charge is 2.32. The van der Waals surface area contributed by atoms with Gasteiger partial charge in [-0.15, -0.1) is 0 Å². The van der Waals surface area contributed by atoms with Crippen molar-refractivity contribution in [3.63, 3.8) is 0 Å². The maximum atomic E-state index is 13.1. The van der Waals surface area contributed by atoms with Crippen LogP contribution in [0.1, 0.15) is 58.1 Å². The van der Waals surface area contributed by atoms with Gasteiger partial charge in [-0.25, -0.2) is 9.98 Å². The van der Waals surface area contributed by atoms with Crippen molar-refractivity contribution < 1.29 is 13.2 Å². The van der Waals surface area contributed by atoms with Crippen molar-refractivity contribution in [2.24, 2.45) is 16.8 Å². The lowest BCUT2D eigenvalue weighted by atomic mass is 9.82. The van der Waals surface area contributed by atoms with Crippen LogP contribution in [0, 0.1) is 11.8 Å². The molecule has 2 heterocycles. The Kier molecular flexibility index (Phi) is 6.02. The van der Waals surface area contributed by atoms with E-state index in [4.69, 9.17) is 0 Å². The van der Waals surface area contributed by atoms with Gasteiger partial charge in [0.25, 0.3) is 5.95 Å². The van der Waals surface area contributed by atoms with Crippen molar-refractivity contribution >= 4 is 17.6 Å². The molecule has 0 amide bonds. The van der Waals surface area contributed by atoms with E-state index >= 15 is 0 Å². The molecule has 4 rings (SSSR count). The molecule has 0 saturated heterocycles. The normalized spacial score (nSPS) is 18.5. The van der Waals surface area contributed by atoms with Crippen LogP contribution in [-0.4, -0.2) is 25.6 Å². The summed E-state index contributed by atoms with van der Waals surface area (Å²) in [4.78, 5) is 21.3. The number of halogens is 3. The molecule has 0 unspecified atom stereocenters. The molecule has 2 aliphatic carbocycles. The zero-order chi connectivity index (χ0) is 22.0. The average Bonchev–Trinajstić information content (AvgIpc) is 2.62. The molecule has 0 spiro atoms. The van der Waals surface area contributed by atoms with Crippen LogP contribution in [0.15, 0.2) is 35.0 Å². The predicted molar refractivity (Wildman–Crippen MR) is 113 cm³/mol. The fourth-order valence-corrected chi connectivity index (χ4v) is 3.56. The molecule has 0 aromatic carbocycles. The van der Waals surface area contributed by atoms with Gasteiger partial charge in [0, 0.05) is 11.4 Å². The highest BCUT2D eigenvalue weighted by molar-refractivity contribution is 5.86. The monoisotopic (exact) mass is 430 g/mol. The van der Waals surface area contributed by atoms with Crippen LogP contribution >= 0.6 is 0 Å². The van der Waals surface area contributed by atoms with E-state index in [1.165, 1.54) is 25.0 Å². The Morgan fingerprint density at radius 1 is 1.03 bits per heavy atom. The average molecular weight is 430 g/mol. The highest BCUT2D eigenvalue weighted by atomic mass is 19.4. The second kappa shape index (κ2) is 8.72. The van der Waals surface area contributed by atoms with Gasteiger partial charge >= 0.3 is 6.18 Å². The third-order valence-corrected chi connectivity index (χ3v) is 5.81. The zero-order valence-corrected chi connectivity index (χ0v) is 17.6. The van der Waals surface area contributed by atoms with Gasteiger partial charge in [-0.2, -0.15) is 28.1 Å². The highest BCUT2D eigenvalue weighted by Crippen LogP contribution is 2.31. The maximum absolute atomic E-state index is 13.1. The Hall–Kier alpha value is -2.84. The van der Waals surface area contributed by atoms with Gasteiger partial charge in [-0.05, 0) is 63.5 Å². The maximum Gasteiger partial charge on any atom is 0.433 e. The van der Waals surface area contributed by atoms with Crippen LogP contribution in [0.3, 0.4) is 0 Å². The fourth-order valence-electron chi connectivity index (χ4n) is 3.56. The van der Waals surface area contributed by atoms with Crippen molar-refractivity contribution in [2.75, 3.05) is 5.32 Å². The number of nitrogens with zero attached hydrogens (tertiary/aromatic N) is 5. The van der Waals surface area contributed by atoms with E-state index in [1.54, 1.807) is 0 Å². The minimum atomic E-state index is -4.55. The Balaban J connectivity index is 1.69. The van der Waals surface area contributed by atoms with E-state index in [-0.39, 0.29) is 23.4 Å². The van der Waals surface area contributed by atoms with Crippen LogP contribution < -0.4 is 5.32 Å². The molecule has 2 fully saturated rings. The van der Waals surface area contributed by atoms with Gasteiger partial charge in [0.2, 0.25) is 5.95 Å². The van der Waals surface area contributed by atoms with E-state index in [2.05, 4.69) is 36.3 Å². The molecule has 0 atom stereocenters. The van der Waals surface area contributed by atoms with Gasteiger partial charge < -0.3 is 5.32 Å². The van der Waals surface area contributed by atoms with Gasteiger partial charge in [-0.3, -0.25) is 0 Å². The van der Waals surface area contributed by atoms with Gasteiger partial charge in [-0.1, -0.05) is 25.0 Å². The Morgan fingerprint density at radius 3 is 2.39 bits per heavy atom. The first kappa shape index (κ1) is 21.4. The number of alkyl halides is 3. The summed E-state index contributed by atoms with van der Waals surface area (Å²) in [5, 5.41) is 3.15. The molecule has 9 heteroatoms. The molecule has 0 aliphatic heterocycles. The molecule has 31 heavy (non-hydrogen) atoms. The third-order valence-electron chi connectivity index (χ3n) is 5.81. The molecule has 6 nitrogen and oxygen atoms in total. The Labute approximate surface area is 179 Å². The number of pyridine rings is 1. The van der Waals surface area contributed by atoms with Crippen molar-refractivity contribution in [1.82, 2.24) is 19.9 Å². The number of anilines is 1. The van der Waals surface area contributed by atoms with E-state index < -0.39 is 11.9 Å². The largest absolute Gasteiger partial charge is 0.433 e. The molecule has 2 aliphatic rings. The van der Waals surface area contributed by atoms with Crippen LogP contribution in [0.2, 0.25) is 0 Å². The van der Waals surface area contributed by atoms with Crippen LogP contribution in [0.25, 0.3) is 11.5 Å². The number of hydrogen-bond donors (Lipinski definition) is 1. The van der Waals surface area contributed by atoms with Crippen LogP contribution in [0.4, 0.5) is 25.1 Å². The smallest absolute Gasteiger partial charge is 0.328 e. The number of rotatable bonds is 6. The van der Waals surface area contributed by atoms with E-state index in [1.807, 2.05) is 13.8 Å². The first-order chi connectivity index (χ1) is 14.8. The molecule has 2 aromatic rings. The van der Waals surface area contributed by atoms with Crippen molar-refractivity contribution in [3.05, 3.63) is 35.7 Å². The standard InChI is InChI=1S/C22H25F3N6/c1-13(12-15-6-3-7-15)26-20-29-19(17-10-5-11-18(28-17)22(23,24)25)30-21(31-20)27-14(2)16-8-4-9-16/h5,10-12,15-16H,3-4,6-9H2,1-2H3,(H,26,29,30,31)/b13-12?,27-14+. The van der Waals surface area contributed by atoms with Crippen molar-refractivity contribution in [1.29, 1.82) is 0 Å². The Morgan fingerprint density at radius 2 is 1.77 bits per heavy atom. The third kappa shape index (κ3) is 5.26. The Bertz CT molecular complexity index is 1010. The second-order valence-corrected chi connectivity index (χ2v) is 8.24. The van der Waals surface area contributed by atoms with Crippen LogP contribution in [-0.2, 0) is 6.18 Å². The summed E-state index contributed by atoms with van der Waals surface area (Å²) >= 11 is 0. The van der Waals surface area contributed by atoms with Gasteiger partial charge in [0.15, 0.2) is 5.82 Å². The first-order valence-corrected chi connectivity index (χ1v) is 10.6. The fraction of sp³-hybridized carbons (Fsp3) is 0.500. The zero-order valence-electron chi connectivity index (χ0n) is 17.6. The van der Waals surface area contributed by atoms with Crippen LogP contribution in [0.5, 0.6) is 0 Å². The predicted octanol–water partition coefficient (Wildman–Crippen LogP) is 5.96. The lowest BCUT2D eigenvalue weighted by molar-refractivity contribution is -0.141. The van der Waals surface area contributed by atoms with E-state index in [9.17, 15) is 13.2 Å². The van der Waals surface area contributed by atoms with E-state index in [0.717, 1.165) is 43.2 Å². The molecule has 2 saturated carbocycles. The lowest BCUT2D eigenvalue weighted by Gasteiger charge is -2.24. The van der Waals surface area contributed by atoms with Crippen molar-refractivity contribution in [2.45, 2.75) is 58.5 Å². The summed E-state index contributed by atoms with van der Waals surface area (Å²) in [6, 6.07) is 3.68. The molecule has 1 N–H and O–H groups in total. The summed E-state index contributed by atoms with van der Waals surface area (Å²) < 4.78 is 39.4. The molecular weight excluding hydrogens is 405 g/mol. The summed E-state index contributed by atoms with van der Waals surface area (Å²) in [6.07, 6.45) is 4.47. The number of allylic oxidation sites excluding steroid dienone is 2. The first-order valence-electron chi connectivity index (χ1n) is 10.6. The summed E-state index contributed by atoms with van der Waals surface area (Å²) in [5.41, 5.74) is 0.855. The minimum Gasteiger partial charge on any atom is -0.328 e. The minimum absolute atomic E-state index is 0.0265.